The second kappa shape index (κ2) is 10.0. The summed E-state index contributed by atoms with van der Waals surface area (Å²) in [6.07, 6.45) is 1.52. The Kier molecular flexibility index (Phi) is 7.59. The standard InChI is InChI=1S/C26H29Br2NO9/c1-23(2,27)21(33)35-11-10-29-19(31)17-18(20(29)32)26(13-30)16(37-15-8-6-5-7-9-15)12-25(17,38-26)14-36-22(34)24(3,4)28/h5-9,12,17-18,30H,10-11,13-14H2,1-4H3/t17-,18+,25-,26-/m1/s1. The van der Waals surface area contributed by atoms with Crippen molar-refractivity contribution in [2.24, 2.45) is 11.8 Å². The van der Waals surface area contributed by atoms with Gasteiger partial charge in [-0.1, -0.05) is 50.1 Å². The van der Waals surface area contributed by atoms with Gasteiger partial charge in [-0.2, -0.15) is 0 Å². The Hall–Kier alpha value is -2.28. The van der Waals surface area contributed by atoms with Gasteiger partial charge >= 0.3 is 11.9 Å². The molecule has 38 heavy (non-hydrogen) atoms. The van der Waals surface area contributed by atoms with Gasteiger partial charge < -0.3 is 24.1 Å². The molecular weight excluding hydrogens is 630 g/mol. The number of aliphatic hydroxyl groups is 1. The van der Waals surface area contributed by atoms with Crippen molar-refractivity contribution in [3.63, 3.8) is 0 Å². The molecule has 0 unspecified atom stereocenters. The Bertz CT molecular complexity index is 1170. The molecule has 0 aromatic heterocycles. The number of esters is 2. The maximum absolute atomic E-state index is 13.6. The Balaban J connectivity index is 1.66. The van der Waals surface area contributed by atoms with Crippen molar-refractivity contribution in [3.05, 3.63) is 42.2 Å². The molecule has 2 fully saturated rings. The molecule has 1 aromatic rings. The first-order valence-corrected chi connectivity index (χ1v) is 13.6. The average molecular weight is 659 g/mol. The van der Waals surface area contributed by atoms with Crippen LogP contribution in [0, 0.1) is 11.8 Å². The number of aliphatic hydroxyl groups excluding tert-OH is 1. The fourth-order valence-corrected chi connectivity index (χ4v) is 5.12. The fraction of sp³-hybridized carbons (Fsp3) is 0.538. The number of benzene rings is 1. The van der Waals surface area contributed by atoms with Crippen LogP contribution < -0.4 is 4.74 Å². The number of rotatable bonds is 10. The number of amides is 2. The molecule has 1 aromatic carbocycles. The van der Waals surface area contributed by atoms with E-state index in [-0.39, 0.29) is 25.5 Å². The maximum atomic E-state index is 13.6. The summed E-state index contributed by atoms with van der Waals surface area (Å²) in [4.78, 5) is 52.9. The normalized spacial score (nSPS) is 28.3. The zero-order valence-corrected chi connectivity index (χ0v) is 24.5. The van der Waals surface area contributed by atoms with Crippen molar-refractivity contribution < 1.29 is 43.2 Å². The van der Waals surface area contributed by atoms with Crippen LogP contribution in [0.5, 0.6) is 5.75 Å². The number of likely N-dealkylation sites (tertiary alicyclic amines) is 1. The smallest absolute Gasteiger partial charge is 0.322 e. The Morgan fingerprint density at radius 3 is 2.16 bits per heavy atom. The Morgan fingerprint density at radius 1 is 1.00 bits per heavy atom. The summed E-state index contributed by atoms with van der Waals surface area (Å²) in [6, 6.07) is 8.72. The molecule has 2 amide bonds. The molecule has 3 aliphatic heterocycles. The lowest BCUT2D eigenvalue weighted by molar-refractivity contribution is -0.166. The number of nitrogens with zero attached hydrogens (tertiary/aromatic N) is 1. The highest BCUT2D eigenvalue weighted by Crippen LogP contribution is 2.60. The minimum absolute atomic E-state index is 0.150. The third-order valence-corrected chi connectivity index (χ3v) is 7.39. The highest BCUT2D eigenvalue weighted by Gasteiger charge is 2.77. The number of hydrogen-bond donors (Lipinski definition) is 1. The van der Waals surface area contributed by atoms with Gasteiger partial charge in [0.2, 0.25) is 11.8 Å². The molecule has 0 spiro atoms. The number of ether oxygens (including phenoxy) is 4. The van der Waals surface area contributed by atoms with Gasteiger partial charge in [-0.25, -0.2) is 0 Å². The van der Waals surface area contributed by atoms with Gasteiger partial charge in [0.1, 0.15) is 39.0 Å². The summed E-state index contributed by atoms with van der Waals surface area (Å²) in [6.45, 7) is 5.02. The number of carbonyl (C=O) groups excluding carboxylic acids is 4. The SMILES string of the molecule is CC(C)(Br)C(=O)OCCN1C(=O)[C@@H]2[C@H](C1=O)[C@]1(COC(=O)C(C)(C)Br)C=C(Oc3ccccc3)[C@@]2(CO)O1. The summed E-state index contributed by atoms with van der Waals surface area (Å²) in [5, 5.41) is 10.6. The molecular formula is C26H29Br2NO9. The first-order valence-electron chi connectivity index (χ1n) is 12.0. The van der Waals surface area contributed by atoms with E-state index in [4.69, 9.17) is 18.9 Å². The van der Waals surface area contributed by atoms with Crippen LogP contribution in [0.15, 0.2) is 42.2 Å². The van der Waals surface area contributed by atoms with E-state index in [0.717, 1.165) is 4.90 Å². The van der Waals surface area contributed by atoms with Crippen molar-refractivity contribution in [2.75, 3.05) is 26.4 Å². The number of imide groups is 1. The van der Waals surface area contributed by atoms with Gasteiger partial charge in [-0.15, -0.1) is 0 Å². The van der Waals surface area contributed by atoms with Gasteiger partial charge in [0.15, 0.2) is 5.60 Å². The number of alkyl halides is 2. The van der Waals surface area contributed by atoms with E-state index in [1.54, 1.807) is 58.0 Å². The molecule has 2 saturated heterocycles. The van der Waals surface area contributed by atoms with Gasteiger partial charge in [-0.3, -0.25) is 24.1 Å². The minimum atomic E-state index is -1.67. The lowest BCUT2D eigenvalue weighted by Crippen LogP contribution is -2.47. The van der Waals surface area contributed by atoms with Gasteiger partial charge in [-0.05, 0) is 45.9 Å². The van der Waals surface area contributed by atoms with Crippen molar-refractivity contribution >= 4 is 55.6 Å². The lowest BCUT2D eigenvalue weighted by atomic mass is 9.71. The molecule has 3 heterocycles. The highest BCUT2D eigenvalue weighted by atomic mass is 79.9. The van der Waals surface area contributed by atoms with Crippen molar-refractivity contribution in [1.82, 2.24) is 4.90 Å². The molecule has 10 nitrogen and oxygen atoms in total. The first-order chi connectivity index (χ1) is 17.7. The van der Waals surface area contributed by atoms with E-state index < -0.39 is 62.0 Å². The zero-order chi connectivity index (χ0) is 28.1. The quantitative estimate of drug-likeness (QED) is 0.229. The first kappa shape index (κ1) is 28.7. The minimum Gasteiger partial charge on any atom is -0.463 e. The number of hydrogen-bond acceptors (Lipinski definition) is 9. The maximum Gasteiger partial charge on any atom is 0.322 e. The van der Waals surface area contributed by atoms with Crippen LogP contribution in [0.4, 0.5) is 0 Å². The Morgan fingerprint density at radius 2 is 1.58 bits per heavy atom. The molecule has 0 radical (unpaired) electrons. The number of halogens is 2. The molecule has 3 aliphatic rings. The topological polar surface area (TPSA) is 129 Å². The predicted octanol–water partition coefficient (Wildman–Crippen LogP) is 2.50. The van der Waals surface area contributed by atoms with Gasteiger partial charge in [0.25, 0.3) is 0 Å². The van der Waals surface area contributed by atoms with Crippen molar-refractivity contribution in [3.8, 4) is 5.75 Å². The van der Waals surface area contributed by atoms with Crippen LogP contribution >= 0.6 is 31.9 Å². The highest BCUT2D eigenvalue weighted by molar-refractivity contribution is 9.10. The molecule has 0 aliphatic carbocycles. The molecule has 206 valence electrons. The fourth-order valence-electron chi connectivity index (χ4n) is 4.89. The van der Waals surface area contributed by atoms with Crippen LogP contribution in [0.2, 0.25) is 0 Å². The van der Waals surface area contributed by atoms with Crippen molar-refractivity contribution in [1.29, 1.82) is 0 Å². The largest absolute Gasteiger partial charge is 0.463 e. The number of para-hydroxylation sites is 1. The number of fused-ring (bicyclic) bond motifs is 5. The predicted molar refractivity (Wildman–Crippen MR) is 140 cm³/mol. The van der Waals surface area contributed by atoms with E-state index in [1.807, 2.05) is 0 Å². The molecule has 2 bridgehead atoms. The van der Waals surface area contributed by atoms with Gasteiger partial charge in [0, 0.05) is 0 Å². The third kappa shape index (κ3) is 4.91. The molecule has 1 N–H and O–H groups in total. The molecule has 12 heteroatoms. The summed E-state index contributed by atoms with van der Waals surface area (Å²) >= 11 is 6.47. The summed E-state index contributed by atoms with van der Waals surface area (Å²) < 4.78 is 21.1. The number of carbonyl (C=O) groups is 4. The van der Waals surface area contributed by atoms with Gasteiger partial charge in [0.05, 0.1) is 25.0 Å². The summed E-state index contributed by atoms with van der Waals surface area (Å²) in [5.74, 6) is -3.95. The van der Waals surface area contributed by atoms with E-state index in [0.29, 0.717) is 5.75 Å². The summed E-state index contributed by atoms with van der Waals surface area (Å²) in [5.41, 5.74) is -3.23. The van der Waals surface area contributed by atoms with E-state index >= 15 is 0 Å². The van der Waals surface area contributed by atoms with E-state index in [1.165, 1.54) is 6.08 Å². The second-order valence-electron chi connectivity index (χ2n) is 10.5. The third-order valence-electron chi connectivity index (χ3n) is 6.74. The zero-order valence-electron chi connectivity index (χ0n) is 21.4. The molecule has 4 rings (SSSR count). The lowest BCUT2D eigenvalue weighted by Gasteiger charge is -2.31. The van der Waals surface area contributed by atoms with Crippen molar-refractivity contribution in [2.45, 2.75) is 47.5 Å². The van der Waals surface area contributed by atoms with Crippen LogP contribution in [0.1, 0.15) is 27.7 Å². The second-order valence-corrected chi connectivity index (χ2v) is 14.4. The van der Waals surface area contributed by atoms with E-state index in [9.17, 15) is 24.3 Å². The molecule has 0 saturated carbocycles. The Labute approximate surface area is 236 Å². The van der Waals surface area contributed by atoms with Crippen LogP contribution in [-0.2, 0) is 33.4 Å². The van der Waals surface area contributed by atoms with Crippen LogP contribution in [0.25, 0.3) is 0 Å². The average Bonchev–Trinajstić information content (AvgIpc) is 3.41. The molecule has 4 atom stereocenters. The monoisotopic (exact) mass is 657 g/mol. The summed E-state index contributed by atoms with van der Waals surface area (Å²) in [7, 11) is 0. The van der Waals surface area contributed by atoms with Crippen LogP contribution in [-0.4, -0.2) is 80.0 Å². The van der Waals surface area contributed by atoms with E-state index in [2.05, 4.69) is 31.9 Å². The van der Waals surface area contributed by atoms with Crippen LogP contribution in [0.3, 0.4) is 0 Å².